The second-order valence-electron chi connectivity index (χ2n) is 10.5. The van der Waals surface area contributed by atoms with Crippen LogP contribution >= 0.6 is 11.6 Å². The smallest absolute Gasteiger partial charge is 0.487 e. The number of carboxylic acid groups (broad SMARTS) is 1. The molecular weight excluding hydrogens is 595 g/mol. The molecule has 0 amide bonds. The van der Waals surface area contributed by atoms with Crippen LogP contribution in [0.2, 0.25) is 5.02 Å². The van der Waals surface area contributed by atoms with Crippen molar-refractivity contribution in [3.05, 3.63) is 107 Å². The summed E-state index contributed by atoms with van der Waals surface area (Å²) >= 11 is 6.71. The lowest BCUT2D eigenvalue weighted by Gasteiger charge is -2.36. The van der Waals surface area contributed by atoms with Gasteiger partial charge in [-0.25, -0.2) is 4.79 Å². The molecule has 1 aliphatic rings. The lowest BCUT2D eigenvalue weighted by molar-refractivity contribution is -0.274. The van der Waals surface area contributed by atoms with Crippen molar-refractivity contribution in [1.82, 2.24) is 0 Å². The standard InChI is InChI=1S/C34H31ClF3NO5/c1-22-25(10-7-11-27(22)24-8-3-2-4-9-24)21-43-31-19-32(42-20-23-13-15-26(16-14-23)44-34(36,37)38)30(18-28(31)35)39-17-6-5-12-29(39)33(40)41/h2-4,7-11,13-16,18-19,29H,5-6,12,17,20-21H2,1H3,(H,40,41). The van der Waals surface area contributed by atoms with Gasteiger partial charge in [0.15, 0.2) is 0 Å². The first-order valence-electron chi connectivity index (χ1n) is 14.2. The van der Waals surface area contributed by atoms with Crippen LogP contribution in [0.25, 0.3) is 11.1 Å². The third-order valence-corrected chi connectivity index (χ3v) is 7.87. The number of piperidine rings is 1. The Balaban J connectivity index is 1.41. The molecule has 0 bridgehead atoms. The molecule has 4 aromatic rings. The van der Waals surface area contributed by atoms with E-state index in [1.165, 1.54) is 24.3 Å². The molecule has 1 unspecified atom stereocenters. The molecule has 0 saturated carbocycles. The quantitative estimate of drug-likeness (QED) is 0.190. The van der Waals surface area contributed by atoms with Crippen molar-refractivity contribution in [3.63, 3.8) is 0 Å². The van der Waals surface area contributed by atoms with Crippen LogP contribution in [0.1, 0.15) is 36.0 Å². The Kier molecular flexibility index (Phi) is 9.54. The minimum absolute atomic E-state index is 0.00414. The van der Waals surface area contributed by atoms with Crippen LogP contribution in [-0.4, -0.2) is 30.0 Å². The molecule has 0 spiro atoms. The molecule has 0 aliphatic carbocycles. The van der Waals surface area contributed by atoms with Crippen molar-refractivity contribution in [2.24, 2.45) is 0 Å². The van der Waals surface area contributed by atoms with E-state index < -0.39 is 18.4 Å². The minimum atomic E-state index is -4.79. The molecule has 1 saturated heterocycles. The highest BCUT2D eigenvalue weighted by atomic mass is 35.5. The average Bonchev–Trinajstić information content (AvgIpc) is 3.00. The summed E-state index contributed by atoms with van der Waals surface area (Å²) in [5.74, 6) is -0.579. The number of benzene rings is 4. The zero-order valence-corrected chi connectivity index (χ0v) is 24.7. The topological polar surface area (TPSA) is 68.2 Å². The van der Waals surface area contributed by atoms with Gasteiger partial charge in [-0.05, 0) is 72.2 Å². The summed E-state index contributed by atoms with van der Waals surface area (Å²) in [4.78, 5) is 13.9. The molecule has 10 heteroatoms. The summed E-state index contributed by atoms with van der Waals surface area (Å²) < 4.78 is 54.0. The number of rotatable bonds is 10. The first kappa shape index (κ1) is 31.1. The molecule has 5 rings (SSSR count). The van der Waals surface area contributed by atoms with Gasteiger partial charge in [0.05, 0.1) is 10.7 Å². The Hall–Kier alpha value is -4.37. The number of carboxylic acids is 1. The fourth-order valence-corrected chi connectivity index (χ4v) is 5.54. The molecule has 0 radical (unpaired) electrons. The lowest BCUT2D eigenvalue weighted by Crippen LogP contribution is -2.45. The van der Waals surface area contributed by atoms with Crippen LogP contribution in [0.15, 0.2) is 84.9 Å². The van der Waals surface area contributed by atoms with Gasteiger partial charge in [0.2, 0.25) is 0 Å². The number of carbonyl (C=O) groups is 1. The lowest BCUT2D eigenvalue weighted by atomic mass is 9.97. The molecule has 1 fully saturated rings. The Bertz CT molecular complexity index is 1600. The minimum Gasteiger partial charge on any atom is -0.487 e. The fourth-order valence-electron chi connectivity index (χ4n) is 5.33. The number of anilines is 1. The molecule has 1 atom stereocenters. The van der Waals surface area contributed by atoms with E-state index >= 15 is 0 Å². The maximum absolute atomic E-state index is 12.6. The van der Waals surface area contributed by atoms with Gasteiger partial charge in [0.25, 0.3) is 0 Å². The highest BCUT2D eigenvalue weighted by Gasteiger charge is 2.32. The third kappa shape index (κ3) is 7.58. The van der Waals surface area contributed by atoms with Crippen molar-refractivity contribution in [1.29, 1.82) is 0 Å². The van der Waals surface area contributed by atoms with Gasteiger partial charge in [0.1, 0.15) is 36.5 Å². The van der Waals surface area contributed by atoms with Gasteiger partial charge in [0, 0.05) is 12.6 Å². The number of nitrogens with zero attached hydrogens (tertiary/aromatic N) is 1. The first-order valence-corrected chi connectivity index (χ1v) is 14.5. The van der Waals surface area contributed by atoms with E-state index in [2.05, 4.69) is 10.8 Å². The van der Waals surface area contributed by atoms with Crippen molar-refractivity contribution in [2.75, 3.05) is 11.4 Å². The summed E-state index contributed by atoms with van der Waals surface area (Å²) in [6.07, 6.45) is -2.73. The van der Waals surface area contributed by atoms with Gasteiger partial charge in [-0.15, -0.1) is 13.2 Å². The second-order valence-corrected chi connectivity index (χ2v) is 10.9. The predicted octanol–water partition coefficient (Wildman–Crippen LogP) is 8.82. The molecule has 6 nitrogen and oxygen atoms in total. The number of hydrogen-bond donors (Lipinski definition) is 1. The van der Waals surface area contributed by atoms with Crippen molar-refractivity contribution in [2.45, 2.75) is 51.8 Å². The molecule has 44 heavy (non-hydrogen) atoms. The van der Waals surface area contributed by atoms with Crippen LogP contribution < -0.4 is 19.1 Å². The van der Waals surface area contributed by atoms with Gasteiger partial charge in [-0.3, -0.25) is 0 Å². The number of alkyl halides is 3. The molecule has 1 aliphatic heterocycles. The number of hydrogen-bond acceptors (Lipinski definition) is 5. The molecule has 1 heterocycles. The van der Waals surface area contributed by atoms with Gasteiger partial charge < -0.3 is 24.2 Å². The van der Waals surface area contributed by atoms with Crippen LogP contribution in [0.3, 0.4) is 0 Å². The number of halogens is 4. The van der Waals surface area contributed by atoms with Crippen LogP contribution in [0.5, 0.6) is 17.2 Å². The van der Waals surface area contributed by atoms with Crippen LogP contribution in [-0.2, 0) is 18.0 Å². The zero-order chi connectivity index (χ0) is 31.3. The van der Waals surface area contributed by atoms with E-state index in [1.807, 2.05) is 49.4 Å². The summed E-state index contributed by atoms with van der Waals surface area (Å²) in [5.41, 5.74) is 5.32. The molecular formula is C34H31ClF3NO5. The number of ether oxygens (including phenoxy) is 3. The summed E-state index contributed by atoms with van der Waals surface area (Å²) in [7, 11) is 0. The monoisotopic (exact) mass is 625 g/mol. The molecule has 0 aromatic heterocycles. The Labute approximate surface area is 258 Å². The Morgan fingerprint density at radius 1 is 0.932 bits per heavy atom. The zero-order valence-electron chi connectivity index (χ0n) is 23.9. The van der Waals surface area contributed by atoms with E-state index in [4.69, 9.17) is 21.1 Å². The van der Waals surface area contributed by atoms with E-state index in [0.717, 1.165) is 35.1 Å². The predicted molar refractivity (Wildman–Crippen MR) is 162 cm³/mol. The van der Waals surface area contributed by atoms with Gasteiger partial charge >= 0.3 is 12.3 Å². The highest BCUT2D eigenvalue weighted by Crippen LogP contribution is 2.41. The molecule has 4 aromatic carbocycles. The Morgan fingerprint density at radius 3 is 2.36 bits per heavy atom. The normalized spacial score (nSPS) is 15.1. The van der Waals surface area contributed by atoms with E-state index in [1.54, 1.807) is 17.0 Å². The van der Waals surface area contributed by atoms with E-state index in [-0.39, 0.29) is 19.0 Å². The highest BCUT2D eigenvalue weighted by molar-refractivity contribution is 6.32. The summed E-state index contributed by atoms with van der Waals surface area (Å²) in [6, 6.07) is 24.0. The van der Waals surface area contributed by atoms with Gasteiger partial charge in [-0.2, -0.15) is 0 Å². The average molecular weight is 626 g/mol. The molecule has 230 valence electrons. The van der Waals surface area contributed by atoms with Crippen molar-refractivity contribution < 1.29 is 37.3 Å². The van der Waals surface area contributed by atoms with Crippen molar-refractivity contribution >= 4 is 23.3 Å². The SMILES string of the molecule is Cc1c(COc2cc(OCc3ccc(OC(F)(F)F)cc3)c(N3CCCCC3C(=O)O)cc2Cl)cccc1-c1ccccc1. The summed E-state index contributed by atoms with van der Waals surface area (Å²) in [5, 5.41) is 10.2. The van der Waals surface area contributed by atoms with Crippen molar-refractivity contribution in [3.8, 4) is 28.4 Å². The molecule has 1 N–H and O–H groups in total. The third-order valence-electron chi connectivity index (χ3n) is 7.58. The second kappa shape index (κ2) is 13.5. The van der Waals surface area contributed by atoms with E-state index in [0.29, 0.717) is 40.7 Å². The van der Waals surface area contributed by atoms with Crippen LogP contribution in [0, 0.1) is 6.92 Å². The fraction of sp³-hybridized carbons (Fsp3) is 0.265. The maximum Gasteiger partial charge on any atom is 0.573 e. The first-order chi connectivity index (χ1) is 21.1. The van der Waals surface area contributed by atoms with Crippen LogP contribution in [0.4, 0.5) is 18.9 Å². The summed E-state index contributed by atoms with van der Waals surface area (Å²) in [6.45, 7) is 2.77. The van der Waals surface area contributed by atoms with E-state index in [9.17, 15) is 23.1 Å². The number of aliphatic carboxylic acids is 1. The largest absolute Gasteiger partial charge is 0.573 e. The maximum atomic E-state index is 12.6. The van der Waals surface area contributed by atoms with Gasteiger partial charge in [-0.1, -0.05) is 72.3 Å². The Morgan fingerprint density at radius 2 is 1.66 bits per heavy atom.